The summed E-state index contributed by atoms with van der Waals surface area (Å²) in [6.07, 6.45) is -0.478. The SMILES string of the molecule is Cc1c(NC(=O)OC(C)(C)C)ccc2oc(N[C@@H](Cc3ccc(I)cc3)C(=O)O)nc(=O)c12. The molecule has 0 fully saturated rings. The molecule has 0 aliphatic carbocycles. The van der Waals surface area contributed by atoms with Crippen molar-refractivity contribution >= 4 is 57.3 Å². The second-order valence-electron chi connectivity index (χ2n) is 8.43. The molecule has 33 heavy (non-hydrogen) atoms. The van der Waals surface area contributed by atoms with Crippen LogP contribution in [0.2, 0.25) is 0 Å². The van der Waals surface area contributed by atoms with Crippen LogP contribution in [0.15, 0.2) is 45.6 Å². The molecule has 0 saturated heterocycles. The Morgan fingerprint density at radius 2 is 1.85 bits per heavy atom. The van der Waals surface area contributed by atoms with Gasteiger partial charge in [-0.2, -0.15) is 4.98 Å². The normalized spacial score (nSPS) is 12.3. The predicted octanol–water partition coefficient (Wildman–Crippen LogP) is 4.56. The lowest BCUT2D eigenvalue weighted by atomic mass is 10.1. The summed E-state index contributed by atoms with van der Waals surface area (Å²) >= 11 is 2.17. The number of carboxylic acids is 1. The lowest BCUT2D eigenvalue weighted by molar-refractivity contribution is -0.137. The highest BCUT2D eigenvalue weighted by atomic mass is 127. The Kier molecular flexibility index (Phi) is 7.25. The molecule has 3 N–H and O–H groups in total. The van der Waals surface area contributed by atoms with E-state index in [0.29, 0.717) is 11.3 Å². The van der Waals surface area contributed by atoms with E-state index in [9.17, 15) is 19.5 Å². The van der Waals surface area contributed by atoms with E-state index >= 15 is 0 Å². The summed E-state index contributed by atoms with van der Waals surface area (Å²) in [5.74, 6) is -1.11. The second-order valence-corrected chi connectivity index (χ2v) is 9.67. The van der Waals surface area contributed by atoms with Crippen LogP contribution in [-0.4, -0.2) is 33.8 Å². The zero-order valence-electron chi connectivity index (χ0n) is 18.6. The van der Waals surface area contributed by atoms with Crippen LogP contribution >= 0.6 is 22.6 Å². The van der Waals surface area contributed by atoms with Crippen LogP contribution in [-0.2, 0) is 16.0 Å². The number of carboxylic acid groups (broad SMARTS) is 1. The fourth-order valence-corrected chi connectivity index (χ4v) is 3.49. The van der Waals surface area contributed by atoms with Crippen LogP contribution in [0, 0.1) is 10.5 Å². The number of nitrogens with zero attached hydrogens (tertiary/aromatic N) is 1. The van der Waals surface area contributed by atoms with E-state index in [2.05, 4.69) is 38.2 Å². The van der Waals surface area contributed by atoms with E-state index in [4.69, 9.17) is 9.15 Å². The summed E-state index contributed by atoms with van der Waals surface area (Å²) in [6, 6.07) is 9.29. The number of amides is 1. The van der Waals surface area contributed by atoms with Gasteiger partial charge in [0.25, 0.3) is 11.6 Å². The quantitative estimate of drug-likeness (QED) is 0.371. The molecule has 0 spiro atoms. The number of benzene rings is 2. The molecule has 0 aliphatic heterocycles. The molecule has 10 heteroatoms. The van der Waals surface area contributed by atoms with Gasteiger partial charge in [-0.15, -0.1) is 0 Å². The molecule has 0 aliphatic rings. The molecule has 1 aromatic heterocycles. The number of nitrogens with one attached hydrogen (secondary N) is 2. The molecule has 0 unspecified atom stereocenters. The molecule has 174 valence electrons. The lowest BCUT2D eigenvalue weighted by Crippen LogP contribution is -2.32. The highest BCUT2D eigenvalue weighted by molar-refractivity contribution is 14.1. The minimum atomic E-state index is -1.11. The first-order valence-corrected chi connectivity index (χ1v) is 11.2. The van der Waals surface area contributed by atoms with Crippen molar-refractivity contribution in [1.82, 2.24) is 4.98 Å². The van der Waals surface area contributed by atoms with Gasteiger partial charge in [0.05, 0.1) is 5.39 Å². The van der Waals surface area contributed by atoms with Crippen LogP contribution in [0.4, 0.5) is 16.5 Å². The highest BCUT2D eigenvalue weighted by Gasteiger charge is 2.22. The number of fused-ring (bicyclic) bond motifs is 1. The summed E-state index contributed by atoms with van der Waals surface area (Å²) in [4.78, 5) is 40.5. The number of anilines is 2. The number of aliphatic carboxylic acids is 1. The summed E-state index contributed by atoms with van der Waals surface area (Å²) in [5.41, 5.74) is 0.584. The molecule has 1 amide bonds. The fraction of sp³-hybridized carbons (Fsp3) is 0.304. The van der Waals surface area contributed by atoms with Gasteiger partial charge in [-0.25, -0.2) is 9.59 Å². The molecule has 3 rings (SSSR count). The molecule has 1 atom stereocenters. The van der Waals surface area contributed by atoms with Crippen molar-refractivity contribution in [2.45, 2.75) is 45.8 Å². The van der Waals surface area contributed by atoms with Crippen molar-refractivity contribution in [3.8, 4) is 0 Å². The Labute approximate surface area is 203 Å². The van der Waals surface area contributed by atoms with Crippen LogP contribution < -0.4 is 16.2 Å². The van der Waals surface area contributed by atoms with Gasteiger partial charge in [0.2, 0.25) is 0 Å². The Bertz CT molecular complexity index is 1250. The Morgan fingerprint density at radius 3 is 2.45 bits per heavy atom. The van der Waals surface area contributed by atoms with Gasteiger partial charge >= 0.3 is 12.1 Å². The highest BCUT2D eigenvalue weighted by Crippen LogP contribution is 2.25. The average Bonchev–Trinajstić information content (AvgIpc) is 2.69. The molecule has 2 aromatic carbocycles. The van der Waals surface area contributed by atoms with Gasteiger partial charge in [0.1, 0.15) is 17.2 Å². The van der Waals surface area contributed by atoms with E-state index in [1.807, 2.05) is 24.3 Å². The van der Waals surface area contributed by atoms with Crippen molar-refractivity contribution in [2.75, 3.05) is 10.6 Å². The number of hydrogen-bond acceptors (Lipinski definition) is 7. The first-order chi connectivity index (χ1) is 15.4. The van der Waals surface area contributed by atoms with Gasteiger partial charge in [-0.3, -0.25) is 10.1 Å². The van der Waals surface area contributed by atoms with Gasteiger partial charge in [-0.1, -0.05) is 12.1 Å². The summed E-state index contributed by atoms with van der Waals surface area (Å²) < 4.78 is 12.0. The van der Waals surface area contributed by atoms with Gasteiger partial charge in [-0.05, 0) is 85.7 Å². The number of hydrogen-bond donors (Lipinski definition) is 3. The van der Waals surface area contributed by atoms with Crippen LogP contribution in [0.1, 0.15) is 31.9 Å². The predicted molar refractivity (Wildman–Crippen MR) is 133 cm³/mol. The molecule has 0 saturated carbocycles. The van der Waals surface area contributed by atoms with Crippen molar-refractivity contribution in [3.05, 3.63) is 61.4 Å². The smallest absolute Gasteiger partial charge is 0.412 e. The van der Waals surface area contributed by atoms with E-state index < -0.39 is 29.3 Å². The number of aryl methyl sites for hydroxylation is 1. The van der Waals surface area contributed by atoms with Gasteiger partial charge < -0.3 is 19.6 Å². The lowest BCUT2D eigenvalue weighted by Gasteiger charge is -2.20. The van der Waals surface area contributed by atoms with Crippen LogP contribution in [0.25, 0.3) is 11.0 Å². The fourth-order valence-electron chi connectivity index (χ4n) is 3.13. The van der Waals surface area contributed by atoms with Crippen LogP contribution in [0.5, 0.6) is 0 Å². The van der Waals surface area contributed by atoms with Gasteiger partial charge in [0, 0.05) is 15.7 Å². The number of carbonyl (C=O) groups is 2. The van der Waals surface area contributed by atoms with Crippen molar-refractivity contribution in [3.63, 3.8) is 0 Å². The Morgan fingerprint density at radius 1 is 1.18 bits per heavy atom. The van der Waals surface area contributed by atoms with E-state index in [1.165, 1.54) is 6.07 Å². The molecule has 9 nitrogen and oxygen atoms in total. The summed E-state index contributed by atoms with van der Waals surface area (Å²) in [5, 5.41) is 15.1. The third kappa shape index (κ3) is 6.44. The van der Waals surface area contributed by atoms with Crippen molar-refractivity contribution in [2.24, 2.45) is 0 Å². The second kappa shape index (κ2) is 9.77. The largest absolute Gasteiger partial charge is 0.480 e. The molecular weight excluding hydrogens is 541 g/mol. The summed E-state index contributed by atoms with van der Waals surface area (Å²) in [6.45, 7) is 6.89. The molecule has 0 radical (unpaired) electrons. The molecule has 3 aromatic rings. The monoisotopic (exact) mass is 565 g/mol. The topological polar surface area (TPSA) is 131 Å². The average molecular weight is 565 g/mol. The first kappa shape index (κ1) is 24.5. The molecular formula is C23H24IN3O6. The minimum Gasteiger partial charge on any atom is -0.480 e. The molecule has 0 bridgehead atoms. The number of halogens is 1. The van der Waals surface area contributed by atoms with Gasteiger partial charge in [0.15, 0.2) is 0 Å². The third-order valence-corrected chi connectivity index (χ3v) is 5.35. The number of rotatable bonds is 6. The zero-order valence-corrected chi connectivity index (χ0v) is 20.7. The maximum atomic E-state index is 12.7. The van der Waals surface area contributed by atoms with E-state index in [0.717, 1.165) is 9.13 Å². The van der Waals surface area contributed by atoms with Crippen LogP contribution in [0.3, 0.4) is 0 Å². The van der Waals surface area contributed by atoms with Crippen molar-refractivity contribution in [1.29, 1.82) is 0 Å². The van der Waals surface area contributed by atoms with Crippen molar-refractivity contribution < 1.29 is 23.8 Å². The zero-order chi connectivity index (χ0) is 24.3. The number of carbonyl (C=O) groups excluding carboxylic acids is 1. The Hall–Kier alpha value is -3.15. The maximum absolute atomic E-state index is 12.7. The standard InChI is InChI=1S/C23H24IN3O6/c1-12-15(26-22(31)33-23(2,3)4)9-10-17-18(12)19(28)27-21(32-17)25-16(20(29)30)11-13-5-7-14(24)8-6-13/h5-10,16H,11H2,1-4H3,(H,26,31)(H,29,30)(H,25,27,28)/t16-/m0/s1. The summed E-state index contributed by atoms with van der Waals surface area (Å²) in [7, 11) is 0. The third-order valence-electron chi connectivity index (χ3n) is 4.63. The minimum absolute atomic E-state index is 0.174. The number of aromatic nitrogens is 1. The number of ether oxygens (including phenoxy) is 1. The van der Waals surface area contributed by atoms with E-state index in [-0.39, 0.29) is 23.4 Å². The molecule has 1 heterocycles. The maximum Gasteiger partial charge on any atom is 0.412 e. The van der Waals surface area contributed by atoms with E-state index in [1.54, 1.807) is 33.8 Å². The Balaban J connectivity index is 1.86. The first-order valence-electron chi connectivity index (χ1n) is 10.1.